The summed E-state index contributed by atoms with van der Waals surface area (Å²) in [4.78, 5) is 47.2. The molecule has 2 fully saturated rings. The van der Waals surface area contributed by atoms with Gasteiger partial charge in [0.1, 0.15) is 11.6 Å². The van der Waals surface area contributed by atoms with Gasteiger partial charge in [0.05, 0.1) is 17.4 Å². The van der Waals surface area contributed by atoms with Crippen LogP contribution in [-0.2, 0) is 25.7 Å². The minimum absolute atomic E-state index is 0.0588. The fraction of sp³-hybridized carbons (Fsp3) is 0.536. The van der Waals surface area contributed by atoms with Gasteiger partial charge in [0.2, 0.25) is 17.7 Å². The second kappa shape index (κ2) is 9.16. The molecule has 1 N–H and O–H groups in total. The van der Waals surface area contributed by atoms with E-state index in [2.05, 4.69) is 0 Å². The summed E-state index contributed by atoms with van der Waals surface area (Å²) in [5, 5.41) is 9.51. The number of hydrogen-bond acceptors (Lipinski definition) is 5. The van der Waals surface area contributed by atoms with E-state index < -0.39 is 29.1 Å². The molecule has 2 saturated heterocycles. The van der Waals surface area contributed by atoms with Crippen LogP contribution < -0.4 is 0 Å². The first-order valence-electron chi connectivity index (χ1n) is 12.8. The molecule has 8 nitrogen and oxygen atoms in total. The molecule has 0 saturated carbocycles. The van der Waals surface area contributed by atoms with E-state index in [0.717, 1.165) is 5.56 Å². The number of ether oxygens (including phenoxy) is 1. The topological polar surface area (TPSA) is 90.4 Å². The van der Waals surface area contributed by atoms with Gasteiger partial charge in [-0.3, -0.25) is 14.4 Å². The standard InChI is InChI=1S/C28H35N3O5/c1-19(2)30-15-8-13-28-22(25(34)31(16-9-17-32)23(28)26(30)35)21-24(33)29(14-7-12-27(21,3)36-28)18-20-10-5-4-6-11-20/h4-8,10-13,19,21-23,32H,9,14-18H2,1-3H3/t21-,22-,23?,27+,28-/m0/s1. The lowest BCUT2D eigenvalue weighted by Crippen LogP contribution is -2.57. The lowest BCUT2D eigenvalue weighted by Gasteiger charge is -2.38. The molecule has 4 aliphatic rings. The molecular formula is C28H35N3O5. The molecule has 8 heteroatoms. The van der Waals surface area contributed by atoms with Crippen molar-refractivity contribution in [3.05, 3.63) is 60.2 Å². The van der Waals surface area contributed by atoms with Crippen LogP contribution >= 0.6 is 0 Å². The van der Waals surface area contributed by atoms with Crippen molar-refractivity contribution in [1.82, 2.24) is 14.7 Å². The van der Waals surface area contributed by atoms with E-state index in [1.165, 1.54) is 0 Å². The highest BCUT2D eigenvalue weighted by Crippen LogP contribution is 2.57. The largest absolute Gasteiger partial charge is 0.396 e. The van der Waals surface area contributed by atoms with Gasteiger partial charge in [0.25, 0.3) is 0 Å². The summed E-state index contributed by atoms with van der Waals surface area (Å²) in [7, 11) is 0. The van der Waals surface area contributed by atoms with Gasteiger partial charge >= 0.3 is 0 Å². The first-order chi connectivity index (χ1) is 17.2. The quantitative estimate of drug-likeness (QED) is 0.610. The van der Waals surface area contributed by atoms with Crippen molar-refractivity contribution in [2.75, 3.05) is 26.2 Å². The normalized spacial score (nSPS) is 33.6. The Kier molecular flexibility index (Phi) is 6.29. The molecule has 1 spiro atoms. The summed E-state index contributed by atoms with van der Waals surface area (Å²) in [6, 6.07) is 8.85. The van der Waals surface area contributed by atoms with Crippen molar-refractivity contribution in [3.8, 4) is 0 Å². The number of fused-ring (bicyclic) bond motifs is 2. The first-order valence-corrected chi connectivity index (χ1v) is 12.8. The average Bonchev–Trinajstić information content (AvgIpc) is 3.11. The van der Waals surface area contributed by atoms with Crippen LogP contribution in [-0.4, -0.2) is 87.1 Å². The molecule has 3 amide bonds. The fourth-order valence-electron chi connectivity index (χ4n) is 6.48. The number of rotatable bonds is 6. The Morgan fingerprint density at radius 1 is 1.00 bits per heavy atom. The van der Waals surface area contributed by atoms with Gasteiger partial charge in [-0.15, -0.1) is 0 Å². The second-order valence-electron chi connectivity index (χ2n) is 10.7. The van der Waals surface area contributed by atoms with Crippen LogP contribution in [0.2, 0.25) is 0 Å². The van der Waals surface area contributed by atoms with Gasteiger partial charge in [-0.25, -0.2) is 0 Å². The zero-order valence-corrected chi connectivity index (χ0v) is 21.2. The number of likely N-dealkylation sites (tertiary alicyclic amines) is 1. The lowest BCUT2D eigenvalue weighted by atomic mass is 9.74. The molecule has 0 aliphatic carbocycles. The van der Waals surface area contributed by atoms with Crippen LogP contribution in [0.25, 0.3) is 0 Å². The van der Waals surface area contributed by atoms with Crippen LogP contribution in [0.1, 0.15) is 32.8 Å². The maximum atomic E-state index is 14.1. The molecule has 5 rings (SSSR count). The van der Waals surface area contributed by atoms with Crippen LogP contribution in [0, 0.1) is 11.8 Å². The molecule has 192 valence electrons. The van der Waals surface area contributed by atoms with Gasteiger partial charge < -0.3 is 24.5 Å². The van der Waals surface area contributed by atoms with Crippen LogP contribution in [0.4, 0.5) is 0 Å². The second-order valence-corrected chi connectivity index (χ2v) is 10.7. The maximum absolute atomic E-state index is 14.1. The van der Waals surface area contributed by atoms with Crippen molar-refractivity contribution in [1.29, 1.82) is 0 Å². The van der Waals surface area contributed by atoms with E-state index in [0.29, 0.717) is 26.1 Å². The minimum atomic E-state index is -1.25. The monoisotopic (exact) mass is 493 g/mol. The summed E-state index contributed by atoms with van der Waals surface area (Å²) in [6.07, 6.45) is 7.95. The summed E-state index contributed by atoms with van der Waals surface area (Å²) < 4.78 is 6.78. The highest BCUT2D eigenvalue weighted by molar-refractivity contribution is 6.00. The lowest BCUT2D eigenvalue weighted by molar-refractivity contribution is -0.153. The molecule has 1 unspecified atom stereocenters. The highest BCUT2D eigenvalue weighted by Gasteiger charge is 2.74. The van der Waals surface area contributed by atoms with Crippen molar-refractivity contribution in [3.63, 3.8) is 0 Å². The Hall–Kier alpha value is -2.97. The molecule has 0 aromatic heterocycles. The van der Waals surface area contributed by atoms with Crippen molar-refractivity contribution < 1.29 is 24.2 Å². The molecule has 0 radical (unpaired) electrons. The van der Waals surface area contributed by atoms with E-state index in [4.69, 9.17) is 4.74 Å². The zero-order chi connectivity index (χ0) is 25.7. The van der Waals surface area contributed by atoms with Crippen molar-refractivity contribution in [2.45, 2.75) is 57.0 Å². The molecule has 4 heterocycles. The molecule has 36 heavy (non-hydrogen) atoms. The third kappa shape index (κ3) is 3.69. The Morgan fingerprint density at radius 2 is 1.72 bits per heavy atom. The molecule has 1 aromatic rings. The summed E-state index contributed by atoms with van der Waals surface area (Å²) in [6.45, 7) is 7.15. The predicted molar refractivity (Wildman–Crippen MR) is 133 cm³/mol. The Bertz CT molecular complexity index is 1100. The zero-order valence-electron chi connectivity index (χ0n) is 21.2. The number of nitrogens with zero attached hydrogens (tertiary/aromatic N) is 3. The van der Waals surface area contributed by atoms with Crippen LogP contribution in [0.3, 0.4) is 0 Å². The molecule has 1 aromatic carbocycles. The van der Waals surface area contributed by atoms with Gasteiger partial charge in [0.15, 0.2) is 0 Å². The smallest absolute Gasteiger partial charge is 0.249 e. The Labute approximate surface area is 212 Å². The van der Waals surface area contributed by atoms with E-state index in [9.17, 15) is 19.5 Å². The van der Waals surface area contributed by atoms with Crippen LogP contribution in [0.15, 0.2) is 54.6 Å². The van der Waals surface area contributed by atoms with Crippen molar-refractivity contribution >= 4 is 17.7 Å². The number of amides is 3. The summed E-state index contributed by atoms with van der Waals surface area (Å²) in [5.74, 6) is -2.17. The van der Waals surface area contributed by atoms with Gasteiger partial charge in [-0.05, 0) is 32.8 Å². The third-order valence-electron chi connectivity index (χ3n) is 8.07. The number of aliphatic hydroxyl groups excluding tert-OH is 1. The van der Waals surface area contributed by atoms with E-state index >= 15 is 0 Å². The minimum Gasteiger partial charge on any atom is -0.396 e. The van der Waals surface area contributed by atoms with E-state index in [-0.39, 0.29) is 36.9 Å². The maximum Gasteiger partial charge on any atom is 0.249 e. The number of carbonyl (C=O) groups is 3. The first kappa shape index (κ1) is 24.7. The van der Waals surface area contributed by atoms with Crippen LogP contribution in [0.5, 0.6) is 0 Å². The van der Waals surface area contributed by atoms with E-state index in [1.807, 2.05) is 75.4 Å². The fourth-order valence-corrected chi connectivity index (χ4v) is 6.48. The molecule has 0 bridgehead atoms. The summed E-state index contributed by atoms with van der Waals surface area (Å²) >= 11 is 0. The number of benzene rings is 1. The predicted octanol–water partition coefficient (Wildman–Crippen LogP) is 1.75. The molecular weight excluding hydrogens is 458 g/mol. The van der Waals surface area contributed by atoms with E-state index in [1.54, 1.807) is 14.7 Å². The number of aliphatic hydroxyl groups is 1. The Balaban J connectivity index is 1.58. The van der Waals surface area contributed by atoms with Gasteiger partial charge in [-0.1, -0.05) is 54.6 Å². The summed E-state index contributed by atoms with van der Waals surface area (Å²) in [5.41, 5.74) is -1.27. The molecule has 5 atom stereocenters. The number of carbonyl (C=O) groups excluding carboxylic acids is 3. The molecule has 4 aliphatic heterocycles. The third-order valence-corrected chi connectivity index (χ3v) is 8.07. The van der Waals surface area contributed by atoms with Crippen molar-refractivity contribution in [2.24, 2.45) is 11.8 Å². The average molecular weight is 494 g/mol. The highest BCUT2D eigenvalue weighted by atomic mass is 16.5. The van der Waals surface area contributed by atoms with Gasteiger partial charge in [-0.2, -0.15) is 0 Å². The SMILES string of the molecule is CC(C)N1CC=C[C@]23O[C@]4(C)C=CCN(Cc5ccccc5)C(=O)[C@@H]4[C@H]2C(=O)N(CCCO)C3C1=O. The Morgan fingerprint density at radius 3 is 2.42 bits per heavy atom. The number of hydrogen-bond donors (Lipinski definition) is 1. The van der Waals surface area contributed by atoms with Gasteiger partial charge in [0, 0.05) is 38.8 Å².